The van der Waals surface area contributed by atoms with E-state index in [1.165, 1.54) is 0 Å². The lowest BCUT2D eigenvalue weighted by molar-refractivity contribution is 0.578. The fraction of sp³-hybridized carbons (Fsp3) is 0.545. The summed E-state index contributed by atoms with van der Waals surface area (Å²) < 4.78 is 0. The lowest BCUT2D eigenvalue weighted by Crippen LogP contribution is -2.44. The second kappa shape index (κ2) is 4.17. The van der Waals surface area contributed by atoms with Crippen LogP contribution in [0.3, 0.4) is 0 Å². The van der Waals surface area contributed by atoms with Gasteiger partial charge in [0.05, 0.1) is 5.69 Å². The summed E-state index contributed by atoms with van der Waals surface area (Å²) in [6.45, 7) is 4.87. The van der Waals surface area contributed by atoms with Crippen molar-refractivity contribution in [1.82, 2.24) is 15.3 Å². The summed E-state index contributed by atoms with van der Waals surface area (Å²) in [5.74, 6) is 0.871. The third kappa shape index (κ3) is 1.78. The molecule has 5 heteroatoms. The van der Waals surface area contributed by atoms with E-state index in [4.69, 9.17) is 0 Å². The predicted octanol–water partition coefficient (Wildman–Crippen LogP) is -0.139. The highest BCUT2D eigenvalue weighted by atomic mass is 15.3. The molecule has 2 aliphatic heterocycles. The number of hydrogen-bond donors (Lipinski definition) is 1. The summed E-state index contributed by atoms with van der Waals surface area (Å²) >= 11 is 0. The van der Waals surface area contributed by atoms with Gasteiger partial charge in [0.15, 0.2) is 0 Å². The van der Waals surface area contributed by atoms with Crippen LogP contribution in [-0.2, 0) is 6.42 Å². The highest BCUT2D eigenvalue weighted by Crippen LogP contribution is 2.14. The number of rotatable bonds is 1. The normalized spacial score (nSPS) is 19.6. The Morgan fingerprint density at radius 3 is 3.00 bits per heavy atom. The van der Waals surface area contributed by atoms with Gasteiger partial charge in [0.1, 0.15) is 0 Å². The van der Waals surface area contributed by atoms with Crippen LogP contribution in [-0.4, -0.2) is 48.9 Å². The summed E-state index contributed by atoms with van der Waals surface area (Å²) in [6, 6.07) is 0. The Balaban J connectivity index is 1.87. The van der Waals surface area contributed by atoms with Crippen LogP contribution in [0.5, 0.6) is 0 Å². The summed E-state index contributed by atoms with van der Waals surface area (Å²) in [7, 11) is 0. The SMILES string of the molecule is C1=NCCc2nc(N3CCNCC3)ncc21. The van der Waals surface area contributed by atoms with E-state index in [2.05, 4.69) is 25.2 Å². The van der Waals surface area contributed by atoms with E-state index >= 15 is 0 Å². The molecule has 1 saturated heterocycles. The summed E-state index contributed by atoms with van der Waals surface area (Å²) in [5, 5.41) is 3.33. The van der Waals surface area contributed by atoms with Crippen molar-refractivity contribution < 1.29 is 0 Å². The standard InChI is InChI=1S/C11H15N5/c1-2-13-7-9-8-14-11(15-10(1)9)16-5-3-12-4-6-16/h7-8,12H,1-6H2. The van der Waals surface area contributed by atoms with E-state index in [0.717, 1.165) is 56.4 Å². The first-order valence-corrected chi connectivity index (χ1v) is 5.75. The average molecular weight is 217 g/mol. The van der Waals surface area contributed by atoms with Crippen molar-refractivity contribution in [2.24, 2.45) is 4.99 Å². The van der Waals surface area contributed by atoms with Crippen molar-refractivity contribution >= 4 is 12.2 Å². The lowest BCUT2D eigenvalue weighted by atomic mass is 10.1. The second-order valence-corrected chi connectivity index (χ2v) is 4.09. The van der Waals surface area contributed by atoms with Crippen LogP contribution in [0.4, 0.5) is 5.95 Å². The molecular formula is C11H15N5. The van der Waals surface area contributed by atoms with Gasteiger partial charge in [-0.1, -0.05) is 0 Å². The maximum Gasteiger partial charge on any atom is 0.225 e. The zero-order chi connectivity index (χ0) is 10.8. The minimum Gasteiger partial charge on any atom is -0.338 e. The van der Waals surface area contributed by atoms with E-state index < -0.39 is 0 Å². The van der Waals surface area contributed by atoms with Gasteiger partial charge in [-0.15, -0.1) is 0 Å². The quantitative estimate of drug-likeness (QED) is 0.711. The van der Waals surface area contributed by atoms with Crippen LogP contribution in [0.2, 0.25) is 0 Å². The largest absolute Gasteiger partial charge is 0.338 e. The Bertz CT molecular complexity index is 409. The average Bonchev–Trinajstić information content (AvgIpc) is 2.39. The van der Waals surface area contributed by atoms with E-state index in [9.17, 15) is 0 Å². The van der Waals surface area contributed by atoms with Gasteiger partial charge < -0.3 is 10.2 Å². The van der Waals surface area contributed by atoms with Gasteiger partial charge in [0.25, 0.3) is 0 Å². The molecule has 0 aliphatic carbocycles. The van der Waals surface area contributed by atoms with Crippen LogP contribution >= 0.6 is 0 Å². The van der Waals surface area contributed by atoms with Crippen molar-refractivity contribution in [3.05, 3.63) is 17.5 Å². The van der Waals surface area contributed by atoms with Crippen LogP contribution in [0, 0.1) is 0 Å². The molecule has 2 aliphatic rings. The maximum atomic E-state index is 4.63. The summed E-state index contributed by atoms with van der Waals surface area (Å²) in [6.07, 6.45) is 4.70. The molecule has 1 aromatic rings. The molecule has 0 amide bonds. The lowest BCUT2D eigenvalue weighted by Gasteiger charge is -2.27. The molecule has 1 aromatic heterocycles. The smallest absolute Gasteiger partial charge is 0.225 e. The second-order valence-electron chi connectivity index (χ2n) is 4.09. The number of piperazine rings is 1. The molecule has 0 bridgehead atoms. The molecule has 0 spiro atoms. The van der Waals surface area contributed by atoms with Crippen molar-refractivity contribution in [1.29, 1.82) is 0 Å². The third-order valence-corrected chi connectivity index (χ3v) is 3.00. The molecule has 1 N–H and O–H groups in total. The number of aromatic nitrogens is 2. The molecule has 16 heavy (non-hydrogen) atoms. The predicted molar refractivity (Wildman–Crippen MR) is 63.3 cm³/mol. The number of hydrogen-bond acceptors (Lipinski definition) is 5. The van der Waals surface area contributed by atoms with Crippen LogP contribution in [0.1, 0.15) is 11.3 Å². The van der Waals surface area contributed by atoms with Crippen molar-refractivity contribution in [3.63, 3.8) is 0 Å². The number of anilines is 1. The fourth-order valence-electron chi connectivity index (χ4n) is 2.07. The molecule has 0 aromatic carbocycles. The summed E-state index contributed by atoms with van der Waals surface area (Å²) in [5.41, 5.74) is 2.21. The number of nitrogens with one attached hydrogen (secondary N) is 1. The number of fused-ring (bicyclic) bond motifs is 1. The topological polar surface area (TPSA) is 53.4 Å². The van der Waals surface area contributed by atoms with Gasteiger partial charge in [0.2, 0.25) is 5.95 Å². The van der Waals surface area contributed by atoms with E-state index in [1.54, 1.807) is 0 Å². The van der Waals surface area contributed by atoms with Crippen molar-refractivity contribution in [2.75, 3.05) is 37.6 Å². The first-order valence-electron chi connectivity index (χ1n) is 5.75. The Hall–Kier alpha value is -1.49. The summed E-state index contributed by atoms with van der Waals surface area (Å²) in [4.78, 5) is 15.5. The van der Waals surface area contributed by atoms with Crippen molar-refractivity contribution in [2.45, 2.75) is 6.42 Å². The number of aliphatic imine (C=N–C) groups is 1. The Morgan fingerprint density at radius 1 is 1.25 bits per heavy atom. The molecule has 1 fully saturated rings. The van der Waals surface area contributed by atoms with Gasteiger partial charge in [0, 0.05) is 57.1 Å². The highest BCUT2D eigenvalue weighted by Gasteiger charge is 2.15. The molecule has 0 saturated carbocycles. The molecule has 3 rings (SSSR count). The van der Waals surface area contributed by atoms with E-state index in [-0.39, 0.29) is 0 Å². The molecule has 0 unspecified atom stereocenters. The van der Waals surface area contributed by atoms with Gasteiger partial charge in [-0.05, 0) is 0 Å². The van der Waals surface area contributed by atoms with Crippen LogP contribution < -0.4 is 10.2 Å². The zero-order valence-corrected chi connectivity index (χ0v) is 9.19. The Kier molecular flexibility index (Phi) is 2.53. The van der Waals surface area contributed by atoms with Gasteiger partial charge in [-0.2, -0.15) is 0 Å². The first kappa shape index (κ1) is 9.72. The van der Waals surface area contributed by atoms with E-state index in [0.29, 0.717) is 0 Å². The molecule has 3 heterocycles. The van der Waals surface area contributed by atoms with Crippen molar-refractivity contribution in [3.8, 4) is 0 Å². The Labute approximate surface area is 94.6 Å². The van der Waals surface area contributed by atoms with Crippen LogP contribution in [0.15, 0.2) is 11.2 Å². The fourth-order valence-corrected chi connectivity index (χ4v) is 2.07. The minimum absolute atomic E-state index is 0.852. The van der Waals surface area contributed by atoms with Gasteiger partial charge in [-0.25, -0.2) is 9.97 Å². The van der Waals surface area contributed by atoms with E-state index in [1.807, 2.05) is 12.4 Å². The highest BCUT2D eigenvalue weighted by molar-refractivity contribution is 5.81. The molecule has 5 nitrogen and oxygen atoms in total. The minimum atomic E-state index is 0.852. The molecule has 0 atom stereocenters. The molecule has 0 radical (unpaired) electrons. The van der Waals surface area contributed by atoms with Crippen LogP contribution in [0.25, 0.3) is 0 Å². The monoisotopic (exact) mass is 217 g/mol. The first-order chi connectivity index (χ1) is 7.93. The third-order valence-electron chi connectivity index (χ3n) is 3.00. The molecular weight excluding hydrogens is 202 g/mol. The maximum absolute atomic E-state index is 4.63. The Morgan fingerprint density at radius 2 is 2.12 bits per heavy atom. The van der Waals surface area contributed by atoms with Gasteiger partial charge in [-0.3, -0.25) is 4.99 Å². The van der Waals surface area contributed by atoms with Gasteiger partial charge >= 0.3 is 0 Å². The molecule has 84 valence electrons. The number of nitrogens with zero attached hydrogens (tertiary/aromatic N) is 4. The zero-order valence-electron chi connectivity index (χ0n) is 9.19.